The van der Waals surface area contributed by atoms with Crippen molar-refractivity contribution in [2.45, 2.75) is 6.04 Å². The van der Waals surface area contributed by atoms with Crippen LogP contribution in [-0.4, -0.2) is 31.7 Å². The molecule has 1 heterocycles. The zero-order valence-electron chi connectivity index (χ0n) is 9.71. The number of anilines is 1. The number of carbonyl (C=O) groups is 2. The van der Waals surface area contributed by atoms with Crippen LogP contribution in [0.15, 0.2) is 24.3 Å². The van der Waals surface area contributed by atoms with Gasteiger partial charge in [0, 0.05) is 7.11 Å². The SMILES string of the molecule is COCC1NC(=O)N(c2ccc(C#N)cc2)C1=O. The molecular weight excluding hydrogens is 234 g/mol. The Morgan fingerprint density at radius 3 is 2.61 bits per heavy atom. The third-order valence-corrected chi connectivity index (χ3v) is 2.61. The molecule has 1 saturated heterocycles. The fourth-order valence-electron chi connectivity index (χ4n) is 1.74. The van der Waals surface area contributed by atoms with Crippen molar-refractivity contribution < 1.29 is 14.3 Å². The predicted molar refractivity (Wildman–Crippen MR) is 62.8 cm³/mol. The summed E-state index contributed by atoms with van der Waals surface area (Å²) >= 11 is 0. The van der Waals surface area contributed by atoms with Crippen molar-refractivity contribution in [1.29, 1.82) is 5.26 Å². The summed E-state index contributed by atoms with van der Waals surface area (Å²) in [6, 6.07) is 7.07. The molecule has 3 amide bonds. The van der Waals surface area contributed by atoms with Crippen LogP contribution in [0.4, 0.5) is 10.5 Å². The number of benzene rings is 1. The second-order valence-corrected chi connectivity index (χ2v) is 3.79. The van der Waals surface area contributed by atoms with Gasteiger partial charge in [0.25, 0.3) is 5.91 Å². The highest BCUT2D eigenvalue weighted by Crippen LogP contribution is 2.20. The van der Waals surface area contributed by atoms with Gasteiger partial charge in [0.2, 0.25) is 0 Å². The smallest absolute Gasteiger partial charge is 0.329 e. The van der Waals surface area contributed by atoms with E-state index < -0.39 is 12.1 Å². The van der Waals surface area contributed by atoms with Gasteiger partial charge in [-0.2, -0.15) is 5.26 Å². The van der Waals surface area contributed by atoms with Gasteiger partial charge in [-0.25, -0.2) is 9.69 Å². The fraction of sp³-hybridized carbons (Fsp3) is 0.250. The molecule has 0 bridgehead atoms. The molecule has 0 radical (unpaired) electrons. The highest BCUT2D eigenvalue weighted by molar-refractivity contribution is 6.21. The highest BCUT2D eigenvalue weighted by Gasteiger charge is 2.38. The maximum atomic E-state index is 12.0. The van der Waals surface area contributed by atoms with Gasteiger partial charge >= 0.3 is 6.03 Å². The number of hydrogen-bond acceptors (Lipinski definition) is 4. The lowest BCUT2D eigenvalue weighted by molar-refractivity contribution is -0.119. The van der Waals surface area contributed by atoms with Crippen molar-refractivity contribution in [2.24, 2.45) is 0 Å². The number of nitrogens with zero attached hydrogens (tertiary/aromatic N) is 2. The van der Waals surface area contributed by atoms with Crippen LogP contribution < -0.4 is 10.2 Å². The Morgan fingerprint density at radius 2 is 2.06 bits per heavy atom. The highest BCUT2D eigenvalue weighted by atomic mass is 16.5. The number of carbonyl (C=O) groups excluding carboxylic acids is 2. The second kappa shape index (κ2) is 4.85. The summed E-state index contributed by atoms with van der Waals surface area (Å²) in [6.07, 6.45) is 0. The third kappa shape index (κ3) is 2.04. The average molecular weight is 245 g/mol. The van der Waals surface area contributed by atoms with Gasteiger partial charge in [-0.15, -0.1) is 0 Å². The van der Waals surface area contributed by atoms with Crippen LogP contribution in [0.1, 0.15) is 5.56 Å². The second-order valence-electron chi connectivity index (χ2n) is 3.79. The first-order valence-electron chi connectivity index (χ1n) is 5.31. The number of nitrogens with one attached hydrogen (secondary N) is 1. The van der Waals surface area contributed by atoms with Gasteiger partial charge in [-0.05, 0) is 24.3 Å². The largest absolute Gasteiger partial charge is 0.382 e. The van der Waals surface area contributed by atoms with Gasteiger partial charge in [-0.3, -0.25) is 4.79 Å². The molecule has 0 aliphatic carbocycles. The van der Waals surface area contributed by atoms with Crippen molar-refractivity contribution >= 4 is 17.6 Å². The van der Waals surface area contributed by atoms with Crippen molar-refractivity contribution in [3.63, 3.8) is 0 Å². The number of imide groups is 1. The van der Waals surface area contributed by atoms with E-state index in [2.05, 4.69) is 5.32 Å². The van der Waals surface area contributed by atoms with Crippen LogP contribution >= 0.6 is 0 Å². The summed E-state index contributed by atoms with van der Waals surface area (Å²) in [5.74, 6) is -0.355. The molecule has 0 saturated carbocycles. The van der Waals surface area contributed by atoms with E-state index in [1.165, 1.54) is 7.11 Å². The van der Waals surface area contributed by atoms with Crippen LogP contribution in [-0.2, 0) is 9.53 Å². The molecule has 2 rings (SSSR count). The quantitative estimate of drug-likeness (QED) is 0.792. The van der Waals surface area contributed by atoms with Crippen molar-refractivity contribution in [3.8, 4) is 6.07 Å². The summed E-state index contributed by atoms with van der Waals surface area (Å²) in [6.45, 7) is 0.136. The van der Waals surface area contributed by atoms with Gasteiger partial charge in [0.1, 0.15) is 6.04 Å². The standard InChI is InChI=1S/C12H11N3O3/c1-18-7-10-11(16)15(12(17)14-10)9-4-2-8(6-13)3-5-9/h2-5,10H,7H2,1H3,(H,14,17). The van der Waals surface area contributed by atoms with E-state index >= 15 is 0 Å². The maximum absolute atomic E-state index is 12.0. The van der Waals surface area contributed by atoms with Gasteiger partial charge in [0.05, 0.1) is 23.9 Å². The summed E-state index contributed by atoms with van der Waals surface area (Å²) in [7, 11) is 1.46. The summed E-state index contributed by atoms with van der Waals surface area (Å²) in [4.78, 5) is 24.7. The molecule has 92 valence electrons. The molecule has 1 aromatic carbocycles. The number of rotatable bonds is 3. The Bertz CT molecular complexity index is 518. The van der Waals surface area contributed by atoms with E-state index in [0.717, 1.165) is 4.90 Å². The molecule has 1 unspecified atom stereocenters. The van der Waals surface area contributed by atoms with E-state index in [-0.39, 0.29) is 12.5 Å². The molecule has 0 spiro atoms. The molecule has 1 aliphatic heterocycles. The van der Waals surface area contributed by atoms with Crippen LogP contribution in [0.3, 0.4) is 0 Å². The van der Waals surface area contributed by atoms with Crippen LogP contribution in [0.25, 0.3) is 0 Å². The van der Waals surface area contributed by atoms with Gasteiger partial charge in [0.15, 0.2) is 0 Å². The number of urea groups is 1. The molecule has 1 N–H and O–H groups in total. The first-order chi connectivity index (χ1) is 8.67. The molecule has 1 aromatic rings. The maximum Gasteiger partial charge on any atom is 0.329 e. The van der Waals surface area contributed by atoms with Crippen molar-refractivity contribution in [1.82, 2.24) is 5.32 Å². The molecule has 6 heteroatoms. The normalized spacial score (nSPS) is 18.7. The monoisotopic (exact) mass is 245 g/mol. The van der Waals surface area contributed by atoms with Crippen LogP contribution in [0.2, 0.25) is 0 Å². The lowest BCUT2D eigenvalue weighted by atomic mass is 10.2. The first kappa shape index (κ1) is 12.1. The molecule has 0 aromatic heterocycles. The van der Waals surface area contributed by atoms with Crippen LogP contribution in [0, 0.1) is 11.3 Å². The summed E-state index contributed by atoms with van der Waals surface area (Å²) in [5.41, 5.74) is 0.911. The third-order valence-electron chi connectivity index (χ3n) is 2.61. The number of hydrogen-bond donors (Lipinski definition) is 1. The van der Waals surface area contributed by atoms with Gasteiger partial charge in [-0.1, -0.05) is 0 Å². The fourth-order valence-corrected chi connectivity index (χ4v) is 1.74. The van der Waals surface area contributed by atoms with E-state index in [9.17, 15) is 9.59 Å². The minimum absolute atomic E-state index is 0.136. The number of amides is 3. The summed E-state index contributed by atoms with van der Waals surface area (Å²) < 4.78 is 4.86. The molecule has 1 aliphatic rings. The Morgan fingerprint density at radius 1 is 1.39 bits per heavy atom. The Balaban J connectivity index is 2.25. The molecular formula is C12H11N3O3. The Hall–Kier alpha value is -2.39. The Labute approximate surface area is 104 Å². The predicted octanol–water partition coefficient (Wildman–Crippen LogP) is 0.629. The minimum atomic E-state index is -0.654. The molecule has 1 atom stereocenters. The zero-order valence-corrected chi connectivity index (χ0v) is 9.71. The van der Waals surface area contributed by atoms with E-state index in [1.807, 2.05) is 6.07 Å². The molecule has 6 nitrogen and oxygen atoms in total. The van der Waals surface area contributed by atoms with Crippen molar-refractivity contribution in [3.05, 3.63) is 29.8 Å². The van der Waals surface area contributed by atoms with Crippen LogP contribution in [0.5, 0.6) is 0 Å². The number of ether oxygens (including phenoxy) is 1. The number of nitriles is 1. The lowest BCUT2D eigenvalue weighted by Crippen LogP contribution is -2.34. The summed E-state index contributed by atoms with van der Waals surface area (Å²) in [5, 5.41) is 11.2. The minimum Gasteiger partial charge on any atom is -0.382 e. The lowest BCUT2D eigenvalue weighted by Gasteiger charge is -2.12. The number of methoxy groups -OCH3 is 1. The zero-order chi connectivity index (χ0) is 13.1. The van der Waals surface area contributed by atoms with E-state index in [0.29, 0.717) is 11.3 Å². The van der Waals surface area contributed by atoms with Gasteiger partial charge < -0.3 is 10.1 Å². The Kier molecular flexibility index (Phi) is 3.26. The van der Waals surface area contributed by atoms with E-state index in [1.54, 1.807) is 24.3 Å². The molecule has 1 fully saturated rings. The first-order valence-corrected chi connectivity index (χ1v) is 5.31. The topological polar surface area (TPSA) is 82.4 Å². The average Bonchev–Trinajstić information content (AvgIpc) is 2.65. The molecule has 18 heavy (non-hydrogen) atoms. The van der Waals surface area contributed by atoms with E-state index in [4.69, 9.17) is 10.00 Å². The van der Waals surface area contributed by atoms with Crippen molar-refractivity contribution in [2.75, 3.05) is 18.6 Å².